The third-order valence-corrected chi connectivity index (χ3v) is 3.83. The van der Waals surface area contributed by atoms with E-state index in [1.165, 1.54) is 12.1 Å². The maximum atomic E-state index is 14.0. The number of hydrogen-bond acceptors (Lipinski definition) is 3. The normalized spacial score (nSPS) is 19.2. The van der Waals surface area contributed by atoms with E-state index < -0.39 is 17.0 Å². The van der Waals surface area contributed by atoms with Crippen molar-refractivity contribution in [3.05, 3.63) is 23.5 Å². The van der Waals surface area contributed by atoms with Gasteiger partial charge in [0.25, 0.3) is 0 Å². The van der Waals surface area contributed by atoms with Crippen molar-refractivity contribution in [3.63, 3.8) is 0 Å². The summed E-state index contributed by atoms with van der Waals surface area (Å²) in [5.41, 5.74) is 5.47. The lowest BCUT2D eigenvalue weighted by molar-refractivity contribution is 0.277. The van der Waals surface area contributed by atoms with Crippen molar-refractivity contribution in [1.82, 2.24) is 0 Å². The number of rotatable bonds is 2. The van der Waals surface area contributed by atoms with Crippen molar-refractivity contribution in [2.75, 3.05) is 6.54 Å². The van der Waals surface area contributed by atoms with Gasteiger partial charge in [-0.1, -0.05) is 19.3 Å². The minimum Gasteiger partial charge on any atom is -0.508 e. The quantitative estimate of drug-likeness (QED) is 0.694. The van der Waals surface area contributed by atoms with Gasteiger partial charge in [-0.05, 0) is 25.0 Å². The van der Waals surface area contributed by atoms with Crippen molar-refractivity contribution < 1.29 is 14.6 Å². The maximum Gasteiger partial charge on any atom is 0.172 e. The highest BCUT2D eigenvalue weighted by molar-refractivity contribution is 5.45. The molecule has 0 unspecified atom stereocenters. The molecule has 1 aliphatic carbocycles. The summed E-state index contributed by atoms with van der Waals surface area (Å²) in [5, 5.41) is 19.3. The Kier molecular flexibility index (Phi) is 3.24. The second-order valence-electron chi connectivity index (χ2n) is 4.84. The largest absolute Gasteiger partial charge is 0.508 e. The summed E-state index contributed by atoms with van der Waals surface area (Å²) in [4.78, 5) is 0. The molecule has 1 fully saturated rings. The molecule has 0 aliphatic heterocycles. The number of phenolic OH excluding ortho intramolecular Hbond substituents is 2. The first-order chi connectivity index (χ1) is 8.10. The van der Waals surface area contributed by atoms with E-state index in [1.54, 1.807) is 0 Å². The molecule has 3 nitrogen and oxygen atoms in total. The van der Waals surface area contributed by atoms with Gasteiger partial charge in [0, 0.05) is 17.5 Å². The van der Waals surface area contributed by atoms with E-state index >= 15 is 0 Å². The lowest BCUT2D eigenvalue weighted by atomic mass is 9.69. The number of benzene rings is 1. The van der Waals surface area contributed by atoms with Crippen LogP contribution < -0.4 is 5.73 Å². The van der Waals surface area contributed by atoms with Crippen LogP contribution >= 0.6 is 0 Å². The number of hydrogen-bond donors (Lipinski definition) is 3. The van der Waals surface area contributed by atoms with Crippen LogP contribution in [0.15, 0.2) is 12.1 Å². The van der Waals surface area contributed by atoms with Gasteiger partial charge in [-0.15, -0.1) is 0 Å². The Labute approximate surface area is 100 Å². The molecular weight excluding hydrogens is 221 g/mol. The van der Waals surface area contributed by atoms with Gasteiger partial charge in [-0.2, -0.15) is 0 Å². The van der Waals surface area contributed by atoms with E-state index in [0.717, 1.165) is 32.1 Å². The van der Waals surface area contributed by atoms with Gasteiger partial charge in [0.05, 0.1) is 0 Å². The summed E-state index contributed by atoms with van der Waals surface area (Å²) in [6.07, 6.45) is 4.59. The van der Waals surface area contributed by atoms with E-state index in [1.807, 2.05) is 0 Å². The molecule has 94 valence electrons. The Morgan fingerprint density at radius 1 is 1.12 bits per heavy atom. The average molecular weight is 239 g/mol. The molecule has 0 bridgehead atoms. The minimum absolute atomic E-state index is 0.104. The van der Waals surface area contributed by atoms with Crippen LogP contribution in [0.5, 0.6) is 11.5 Å². The lowest BCUT2D eigenvalue weighted by Crippen LogP contribution is -2.38. The first-order valence-electron chi connectivity index (χ1n) is 6.02. The topological polar surface area (TPSA) is 66.5 Å². The molecule has 17 heavy (non-hydrogen) atoms. The summed E-state index contributed by atoms with van der Waals surface area (Å²) in [5.74, 6) is -1.25. The molecule has 1 aromatic carbocycles. The predicted octanol–water partition coefficient (Wildman–Crippen LogP) is 2.40. The minimum atomic E-state index is -0.725. The average Bonchev–Trinajstić information content (AvgIpc) is 2.35. The van der Waals surface area contributed by atoms with Crippen LogP contribution in [0, 0.1) is 5.82 Å². The molecule has 0 saturated heterocycles. The zero-order valence-corrected chi connectivity index (χ0v) is 9.75. The summed E-state index contributed by atoms with van der Waals surface area (Å²) < 4.78 is 14.0. The Morgan fingerprint density at radius 2 is 1.71 bits per heavy atom. The van der Waals surface area contributed by atoms with Crippen molar-refractivity contribution in [2.45, 2.75) is 37.5 Å². The Balaban J connectivity index is 2.53. The fraction of sp³-hybridized carbons (Fsp3) is 0.538. The van der Waals surface area contributed by atoms with Gasteiger partial charge in [-0.25, -0.2) is 4.39 Å². The van der Waals surface area contributed by atoms with Gasteiger partial charge in [0.2, 0.25) is 0 Å². The van der Waals surface area contributed by atoms with Gasteiger partial charge in [0.1, 0.15) is 5.75 Å². The molecule has 4 N–H and O–H groups in total. The van der Waals surface area contributed by atoms with Crippen molar-refractivity contribution >= 4 is 0 Å². The van der Waals surface area contributed by atoms with Crippen LogP contribution in [0.25, 0.3) is 0 Å². The van der Waals surface area contributed by atoms with Crippen molar-refractivity contribution in [3.8, 4) is 11.5 Å². The number of halogens is 1. The fourth-order valence-electron chi connectivity index (χ4n) is 2.84. The second-order valence-corrected chi connectivity index (χ2v) is 4.84. The Bertz CT molecular complexity index is 414. The highest BCUT2D eigenvalue weighted by atomic mass is 19.1. The highest BCUT2D eigenvalue weighted by Crippen LogP contribution is 2.45. The third kappa shape index (κ3) is 1.97. The van der Waals surface area contributed by atoms with Crippen LogP contribution in [0.1, 0.15) is 37.7 Å². The maximum absolute atomic E-state index is 14.0. The number of aromatic hydroxyl groups is 2. The molecule has 1 saturated carbocycles. The fourth-order valence-corrected chi connectivity index (χ4v) is 2.84. The summed E-state index contributed by atoms with van der Waals surface area (Å²) in [6.45, 7) is 0.293. The van der Waals surface area contributed by atoms with E-state index in [-0.39, 0.29) is 11.3 Å². The highest BCUT2D eigenvalue weighted by Gasteiger charge is 2.37. The van der Waals surface area contributed by atoms with Gasteiger partial charge in [0.15, 0.2) is 11.6 Å². The number of phenols is 2. The molecule has 0 aromatic heterocycles. The molecule has 0 spiro atoms. The molecular formula is C13H18FNO2. The third-order valence-electron chi connectivity index (χ3n) is 3.83. The molecule has 1 aliphatic rings. The van der Waals surface area contributed by atoms with Crippen LogP contribution in [0.2, 0.25) is 0 Å². The van der Waals surface area contributed by atoms with Crippen LogP contribution in [-0.4, -0.2) is 16.8 Å². The molecule has 0 heterocycles. The zero-order chi connectivity index (χ0) is 12.5. The predicted molar refractivity (Wildman–Crippen MR) is 63.5 cm³/mol. The molecule has 1 aromatic rings. The zero-order valence-electron chi connectivity index (χ0n) is 9.75. The van der Waals surface area contributed by atoms with Gasteiger partial charge < -0.3 is 15.9 Å². The molecule has 2 rings (SSSR count). The summed E-state index contributed by atoms with van der Waals surface area (Å²) in [6, 6.07) is 2.50. The smallest absolute Gasteiger partial charge is 0.172 e. The second kappa shape index (κ2) is 4.53. The lowest BCUT2D eigenvalue weighted by Gasteiger charge is -2.37. The van der Waals surface area contributed by atoms with Gasteiger partial charge >= 0.3 is 0 Å². The monoisotopic (exact) mass is 239 g/mol. The van der Waals surface area contributed by atoms with E-state index in [0.29, 0.717) is 6.54 Å². The first-order valence-corrected chi connectivity index (χ1v) is 6.02. The van der Waals surface area contributed by atoms with Crippen molar-refractivity contribution in [2.24, 2.45) is 5.73 Å². The van der Waals surface area contributed by atoms with Crippen LogP contribution in [-0.2, 0) is 5.41 Å². The molecule has 4 heteroatoms. The SMILES string of the molecule is NCC1(c2c(O)ccc(O)c2F)CCCCC1. The van der Waals surface area contributed by atoms with E-state index in [2.05, 4.69) is 0 Å². The van der Waals surface area contributed by atoms with Crippen molar-refractivity contribution in [1.29, 1.82) is 0 Å². The Morgan fingerprint density at radius 3 is 2.29 bits per heavy atom. The molecule has 0 atom stereocenters. The standard InChI is InChI=1S/C13H18FNO2/c14-12-10(17)5-4-9(16)11(12)13(8-15)6-2-1-3-7-13/h4-5,16-17H,1-3,6-8,15H2. The van der Waals surface area contributed by atoms with Crippen LogP contribution in [0.4, 0.5) is 4.39 Å². The van der Waals surface area contributed by atoms with E-state index in [9.17, 15) is 14.6 Å². The van der Waals surface area contributed by atoms with Crippen LogP contribution in [0.3, 0.4) is 0 Å². The van der Waals surface area contributed by atoms with E-state index in [4.69, 9.17) is 5.73 Å². The first kappa shape index (κ1) is 12.2. The van der Waals surface area contributed by atoms with Gasteiger partial charge in [-0.3, -0.25) is 0 Å². The summed E-state index contributed by atoms with van der Waals surface area (Å²) in [7, 11) is 0. The molecule has 0 amide bonds. The summed E-state index contributed by atoms with van der Waals surface area (Å²) >= 11 is 0. The Hall–Kier alpha value is -1.29. The molecule has 0 radical (unpaired) electrons. The number of nitrogens with two attached hydrogens (primary N) is 1.